The van der Waals surface area contributed by atoms with Crippen LogP contribution in [-0.4, -0.2) is 21.8 Å². The summed E-state index contributed by atoms with van der Waals surface area (Å²) in [6.45, 7) is 2.05. The van der Waals surface area contributed by atoms with Crippen molar-refractivity contribution in [1.82, 2.24) is 4.98 Å². The SMILES string of the molecule is CC(CO)c1csc(Cc2ccccc2O)n1. The first-order valence-electron chi connectivity index (χ1n) is 5.52. The molecule has 0 aliphatic heterocycles. The lowest BCUT2D eigenvalue weighted by Gasteiger charge is -2.03. The third kappa shape index (κ3) is 2.84. The van der Waals surface area contributed by atoms with Gasteiger partial charge in [-0.3, -0.25) is 0 Å². The minimum atomic E-state index is 0.0735. The summed E-state index contributed by atoms with van der Waals surface area (Å²) in [5.74, 6) is 0.379. The summed E-state index contributed by atoms with van der Waals surface area (Å²) in [5, 5.41) is 21.7. The van der Waals surface area contributed by atoms with Crippen LogP contribution in [0.4, 0.5) is 0 Å². The summed E-state index contributed by atoms with van der Waals surface area (Å²) < 4.78 is 0. The molecule has 1 aromatic carbocycles. The molecule has 0 saturated heterocycles. The monoisotopic (exact) mass is 249 g/mol. The molecular weight excluding hydrogens is 234 g/mol. The van der Waals surface area contributed by atoms with Gasteiger partial charge >= 0.3 is 0 Å². The second-order valence-corrected chi connectivity index (χ2v) is 5.00. The van der Waals surface area contributed by atoms with E-state index in [2.05, 4.69) is 4.98 Å². The zero-order valence-corrected chi connectivity index (χ0v) is 10.4. The van der Waals surface area contributed by atoms with Gasteiger partial charge in [-0.25, -0.2) is 4.98 Å². The van der Waals surface area contributed by atoms with Crippen molar-refractivity contribution >= 4 is 11.3 Å². The molecule has 3 nitrogen and oxygen atoms in total. The molecule has 2 N–H and O–H groups in total. The highest BCUT2D eigenvalue weighted by Crippen LogP contribution is 2.23. The van der Waals surface area contributed by atoms with Crippen LogP contribution >= 0.6 is 11.3 Å². The number of aromatic hydroxyl groups is 1. The van der Waals surface area contributed by atoms with Crippen molar-refractivity contribution in [2.45, 2.75) is 19.3 Å². The van der Waals surface area contributed by atoms with Gasteiger partial charge in [0, 0.05) is 23.3 Å². The van der Waals surface area contributed by atoms with Crippen LogP contribution in [0, 0.1) is 0 Å². The van der Waals surface area contributed by atoms with Crippen LogP contribution in [-0.2, 0) is 6.42 Å². The molecule has 1 unspecified atom stereocenters. The van der Waals surface area contributed by atoms with Crippen LogP contribution in [0.25, 0.3) is 0 Å². The summed E-state index contributed by atoms with van der Waals surface area (Å²) >= 11 is 1.56. The smallest absolute Gasteiger partial charge is 0.119 e. The fourth-order valence-electron chi connectivity index (χ4n) is 1.55. The number of aromatic nitrogens is 1. The first-order chi connectivity index (χ1) is 8.20. The van der Waals surface area contributed by atoms with Crippen LogP contribution in [0.5, 0.6) is 5.75 Å². The maximum atomic E-state index is 9.67. The quantitative estimate of drug-likeness (QED) is 0.875. The minimum Gasteiger partial charge on any atom is -0.508 e. The highest BCUT2D eigenvalue weighted by Gasteiger charge is 2.10. The zero-order chi connectivity index (χ0) is 12.3. The van der Waals surface area contributed by atoms with E-state index in [1.807, 2.05) is 24.4 Å². The van der Waals surface area contributed by atoms with Crippen molar-refractivity contribution in [1.29, 1.82) is 0 Å². The van der Waals surface area contributed by atoms with Crippen LogP contribution in [0.1, 0.15) is 29.1 Å². The number of thiazole rings is 1. The molecule has 0 fully saturated rings. The molecule has 1 atom stereocenters. The molecule has 0 saturated carbocycles. The predicted octanol–water partition coefficient (Wildman–Crippen LogP) is 2.54. The van der Waals surface area contributed by atoms with Gasteiger partial charge in [0.15, 0.2) is 0 Å². The van der Waals surface area contributed by atoms with Crippen molar-refractivity contribution in [3.8, 4) is 5.75 Å². The normalized spacial score (nSPS) is 12.6. The Morgan fingerprint density at radius 2 is 2.12 bits per heavy atom. The van der Waals surface area contributed by atoms with Crippen molar-refractivity contribution < 1.29 is 10.2 Å². The third-order valence-electron chi connectivity index (χ3n) is 2.68. The van der Waals surface area contributed by atoms with E-state index in [1.165, 1.54) is 0 Å². The highest BCUT2D eigenvalue weighted by atomic mass is 32.1. The summed E-state index contributed by atoms with van der Waals surface area (Å²) in [5.41, 5.74) is 1.80. The largest absolute Gasteiger partial charge is 0.508 e. The Balaban J connectivity index is 2.14. The number of nitrogens with zero attached hydrogens (tertiary/aromatic N) is 1. The Hall–Kier alpha value is -1.39. The summed E-state index contributed by atoms with van der Waals surface area (Å²) in [7, 11) is 0. The molecule has 0 bridgehead atoms. The number of aliphatic hydroxyl groups excluding tert-OH is 1. The summed E-state index contributed by atoms with van der Waals surface area (Å²) in [6, 6.07) is 7.28. The Labute approximate surface area is 104 Å². The molecular formula is C13H15NO2S. The van der Waals surface area contributed by atoms with Gasteiger partial charge in [0.25, 0.3) is 0 Å². The topological polar surface area (TPSA) is 53.4 Å². The van der Waals surface area contributed by atoms with Crippen molar-refractivity contribution in [2.24, 2.45) is 0 Å². The molecule has 0 radical (unpaired) electrons. The molecule has 0 aliphatic carbocycles. The van der Waals surface area contributed by atoms with E-state index in [-0.39, 0.29) is 12.5 Å². The van der Waals surface area contributed by atoms with E-state index < -0.39 is 0 Å². The van der Waals surface area contributed by atoms with Crippen LogP contribution in [0.3, 0.4) is 0 Å². The van der Waals surface area contributed by atoms with Crippen LogP contribution < -0.4 is 0 Å². The number of aliphatic hydroxyl groups is 1. The number of phenolic OH excluding ortho intramolecular Hbond substituents is 1. The van der Waals surface area contributed by atoms with E-state index in [0.29, 0.717) is 12.2 Å². The fourth-order valence-corrected chi connectivity index (χ4v) is 2.49. The molecule has 1 aromatic heterocycles. The van der Waals surface area contributed by atoms with E-state index in [1.54, 1.807) is 23.5 Å². The summed E-state index contributed by atoms with van der Waals surface area (Å²) in [4.78, 5) is 4.46. The zero-order valence-electron chi connectivity index (χ0n) is 9.63. The van der Waals surface area contributed by atoms with Crippen molar-refractivity contribution in [2.75, 3.05) is 6.61 Å². The third-order valence-corrected chi connectivity index (χ3v) is 3.55. The molecule has 2 rings (SSSR count). The molecule has 1 heterocycles. The molecule has 0 amide bonds. The molecule has 0 aliphatic rings. The van der Waals surface area contributed by atoms with Gasteiger partial charge in [-0.05, 0) is 6.07 Å². The average Bonchev–Trinajstić information content (AvgIpc) is 2.80. The Morgan fingerprint density at radius 3 is 2.82 bits per heavy atom. The van der Waals surface area contributed by atoms with Crippen LogP contribution in [0.2, 0.25) is 0 Å². The number of rotatable bonds is 4. The number of phenols is 1. The first kappa shape index (κ1) is 12.1. The highest BCUT2D eigenvalue weighted by molar-refractivity contribution is 7.09. The van der Waals surface area contributed by atoms with Gasteiger partial charge in [0.2, 0.25) is 0 Å². The van der Waals surface area contributed by atoms with E-state index in [4.69, 9.17) is 5.11 Å². The molecule has 17 heavy (non-hydrogen) atoms. The average molecular weight is 249 g/mol. The van der Waals surface area contributed by atoms with Crippen molar-refractivity contribution in [3.05, 3.63) is 45.9 Å². The van der Waals surface area contributed by atoms with Gasteiger partial charge in [-0.1, -0.05) is 25.1 Å². The Morgan fingerprint density at radius 1 is 1.35 bits per heavy atom. The first-order valence-corrected chi connectivity index (χ1v) is 6.40. The molecule has 90 valence electrons. The molecule has 4 heteroatoms. The lowest BCUT2D eigenvalue weighted by molar-refractivity contribution is 0.271. The number of para-hydroxylation sites is 1. The minimum absolute atomic E-state index is 0.0735. The number of hydrogen-bond donors (Lipinski definition) is 2. The summed E-state index contributed by atoms with van der Waals surface area (Å²) in [6.07, 6.45) is 0.634. The molecule has 0 spiro atoms. The lowest BCUT2D eigenvalue weighted by atomic mass is 10.1. The van der Waals surface area contributed by atoms with E-state index in [9.17, 15) is 5.11 Å². The lowest BCUT2D eigenvalue weighted by Crippen LogP contribution is -1.99. The predicted molar refractivity (Wildman–Crippen MR) is 68.5 cm³/mol. The van der Waals surface area contributed by atoms with Gasteiger partial charge < -0.3 is 10.2 Å². The maximum Gasteiger partial charge on any atom is 0.119 e. The number of benzene rings is 1. The van der Waals surface area contributed by atoms with Gasteiger partial charge in [0.1, 0.15) is 5.75 Å². The maximum absolute atomic E-state index is 9.67. The number of hydrogen-bond acceptors (Lipinski definition) is 4. The van der Waals surface area contributed by atoms with Gasteiger partial charge in [-0.2, -0.15) is 0 Å². The van der Waals surface area contributed by atoms with Crippen molar-refractivity contribution in [3.63, 3.8) is 0 Å². The standard InChI is InChI=1S/C13H15NO2S/c1-9(7-15)11-8-17-13(14-11)6-10-4-2-3-5-12(10)16/h2-5,8-9,15-16H,6-7H2,1H3. The Bertz CT molecular complexity index is 496. The van der Waals surface area contributed by atoms with Gasteiger partial charge in [0.05, 0.1) is 17.3 Å². The van der Waals surface area contributed by atoms with E-state index >= 15 is 0 Å². The molecule has 2 aromatic rings. The second-order valence-electron chi connectivity index (χ2n) is 4.06. The second kappa shape index (κ2) is 5.29. The fraction of sp³-hybridized carbons (Fsp3) is 0.308. The van der Waals surface area contributed by atoms with Gasteiger partial charge in [-0.15, -0.1) is 11.3 Å². The van der Waals surface area contributed by atoms with E-state index in [0.717, 1.165) is 16.3 Å². The van der Waals surface area contributed by atoms with Crippen LogP contribution in [0.15, 0.2) is 29.6 Å². The Kier molecular flexibility index (Phi) is 3.76.